The van der Waals surface area contributed by atoms with Gasteiger partial charge in [0, 0.05) is 13.2 Å². The lowest BCUT2D eigenvalue weighted by Gasteiger charge is -2.09. The first kappa shape index (κ1) is 18.2. The number of aliphatic hydroxyl groups excluding tert-OH is 1. The molecule has 11 heteroatoms. The third-order valence-electron chi connectivity index (χ3n) is 3.65. The van der Waals surface area contributed by atoms with Crippen LogP contribution in [-0.2, 0) is 16.6 Å². The number of aliphatic hydroxyl groups is 1. The summed E-state index contributed by atoms with van der Waals surface area (Å²) >= 11 is 0. The van der Waals surface area contributed by atoms with Gasteiger partial charge in [0.25, 0.3) is 0 Å². The number of hydrogen-bond donors (Lipinski definition) is 3. The molecule has 138 valence electrons. The highest BCUT2D eigenvalue weighted by Crippen LogP contribution is 2.18. The standard InChI is InChI=1S/C15H17FN6O3S/c16-15-20-13(17)12-14(21-15)22(9-18-12)8-10-3-1-4-11(7-10)26(24,25)19-5-2-6-23/h1,3-4,7,9,19,23H,2,5-6,8H2,(H2,17,20,21). The fraction of sp³-hybridized carbons (Fsp3) is 0.267. The van der Waals surface area contributed by atoms with E-state index < -0.39 is 16.1 Å². The second-order valence-electron chi connectivity index (χ2n) is 5.54. The van der Waals surface area contributed by atoms with E-state index in [2.05, 4.69) is 19.7 Å². The summed E-state index contributed by atoms with van der Waals surface area (Å²) in [6.07, 6.45) is 0.809. The molecule has 0 saturated heterocycles. The summed E-state index contributed by atoms with van der Waals surface area (Å²) in [6.45, 7) is 0.273. The van der Waals surface area contributed by atoms with E-state index in [-0.39, 0.29) is 41.6 Å². The number of benzene rings is 1. The van der Waals surface area contributed by atoms with Crippen molar-refractivity contribution >= 4 is 27.0 Å². The van der Waals surface area contributed by atoms with E-state index >= 15 is 0 Å². The molecule has 0 aliphatic carbocycles. The van der Waals surface area contributed by atoms with Crippen molar-refractivity contribution in [1.29, 1.82) is 0 Å². The van der Waals surface area contributed by atoms with Crippen molar-refractivity contribution in [2.45, 2.75) is 17.9 Å². The number of nitrogens with two attached hydrogens (primary N) is 1. The van der Waals surface area contributed by atoms with Gasteiger partial charge in [0.1, 0.15) is 5.52 Å². The van der Waals surface area contributed by atoms with Crippen LogP contribution in [0.2, 0.25) is 0 Å². The third kappa shape index (κ3) is 3.79. The minimum Gasteiger partial charge on any atom is -0.396 e. The quantitative estimate of drug-likeness (QED) is 0.395. The summed E-state index contributed by atoms with van der Waals surface area (Å²) in [6, 6.07) is 6.32. The Morgan fingerprint density at radius 2 is 2.12 bits per heavy atom. The molecule has 0 fully saturated rings. The Labute approximate surface area is 148 Å². The first-order chi connectivity index (χ1) is 12.4. The van der Waals surface area contributed by atoms with Crippen LogP contribution in [0.25, 0.3) is 11.2 Å². The molecule has 0 amide bonds. The summed E-state index contributed by atoms with van der Waals surface area (Å²) < 4.78 is 41.9. The van der Waals surface area contributed by atoms with Crippen molar-refractivity contribution in [3.8, 4) is 0 Å². The Morgan fingerprint density at radius 1 is 1.31 bits per heavy atom. The normalized spacial score (nSPS) is 11.9. The van der Waals surface area contributed by atoms with Gasteiger partial charge in [-0.25, -0.2) is 18.1 Å². The van der Waals surface area contributed by atoms with Crippen LogP contribution in [0.4, 0.5) is 10.2 Å². The molecule has 26 heavy (non-hydrogen) atoms. The van der Waals surface area contributed by atoms with Crippen LogP contribution >= 0.6 is 0 Å². The predicted molar refractivity (Wildman–Crippen MR) is 92.1 cm³/mol. The minimum atomic E-state index is -3.68. The highest BCUT2D eigenvalue weighted by atomic mass is 32.2. The number of hydrogen-bond acceptors (Lipinski definition) is 7. The average Bonchev–Trinajstić information content (AvgIpc) is 2.98. The minimum absolute atomic E-state index is 0.0596. The molecule has 2 heterocycles. The van der Waals surface area contributed by atoms with Crippen molar-refractivity contribution in [2.24, 2.45) is 0 Å². The van der Waals surface area contributed by atoms with E-state index in [1.807, 2.05) is 0 Å². The Kier molecular flexibility index (Phi) is 5.11. The van der Waals surface area contributed by atoms with Crippen molar-refractivity contribution in [3.05, 3.63) is 42.2 Å². The van der Waals surface area contributed by atoms with Crippen LogP contribution in [0, 0.1) is 6.08 Å². The zero-order valence-electron chi connectivity index (χ0n) is 13.6. The molecular formula is C15H17FN6O3S. The number of rotatable bonds is 7. The Hall–Kier alpha value is -2.63. The van der Waals surface area contributed by atoms with Crippen LogP contribution < -0.4 is 10.5 Å². The third-order valence-corrected chi connectivity index (χ3v) is 5.11. The first-order valence-electron chi connectivity index (χ1n) is 7.74. The summed E-state index contributed by atoms with van der Waals surface area (Å²) in [5, 5.41) is 8.76. The molecule has 4 N–H and O–H groups in total. The molecule has 0 saturated carbocycles. The fourth-order valence-electron chi connectivity index (χ4n) is 2.43. The van der Waals surface area contributed by atoms with Crippen molar-refractivity contribution in [1.82, 2.24) is 24.2 Å². The van der Waals surface area contributed by atoms with E-state index in [9.17, 15) is 12.8 Å². The van der Waals surface area contributed by atoms with Gasteiger partial charge in [0.15, 0.2) is 11.5 Å². The smallest absolute Gasteiger partial charge is 0.312 e. The van der Waals surface area contributed by atoms with Crippen LogP contribution in [0.3, 0.4) is 0 Å². The summed E-state index contributed by atoms with van der Waals surface area (Å²) in [5.74, 6) is -0.0596. The van der Waals surface area contributed by atoms with E-state index in [0.717, 1.165) is 0 Å². The average molecular weight is 380 g/mol. The number of nitrogens with one attached hydrogen (secondary N) is 1. The van der Waals surface area contributed by atoms with Gasteiger partial charge in [-0.05, 0) is 24.1 Å². The van der Waals surface area contributed by atoms with E-state index in [1.54, 1.807) is 16.7 Å². The molecule has 1 aromatic carbocycles. The summed E-state index contributed by atoms with van der Waals surface area (Å²) in [4.78, 5) is 11.3. The molecule has 3 rings (SSSR count). The molecule has 0 unspecified atom stereocenters. The van der Waals surface area contributed by atoms with Gasteiger partial charge >= 0.3 is 6.08 Å². The second kappa shape index (κ2) is 7.32. The number of nitrogen functional groups attached to an aromatic ring is 1. The number of halogens is 1. The molecule has 2 aromatic heterocycles. The molecule has 0 aliphatic rings. The van der Waals surface area contributed by atoms with Gasteiger partial charge < -0.3 is 15.4 Å². The molecular weight excluding hydrogens is 363 g/mol. The van der Waals surface area contributed by atoms with Crippen LogP contribution in [-0.4, -0.2) is 46.2 Å². The summed E-state index contributed by atoms with van der Waals surface area (Å²) in [7, 11) is -3.68. The maximum Gasteiger partial charge on any atom is 0.312 e. The van der Waals surface area contributed by atoms with E-state index in [1.165, 1.54) is 18.5 Å². The lowest BCUT2D eigenvalue weighted by atomic mass is 10.2. The highest BCUT2D eigenvalue weighted by Gasteiger charge is 2.15. The number of sulfonamides is 1. The molecule has 9 nitrogen and oxygen atoms in total. The molecule has 3 aromatic rings. The van der Waals surface area contributed by atoms with Gasteiger partial charge in [-0.2, -0.15) is 14.4 Å². The number of anilines is 1. The monoisotopic (exact) mass is 380 g/mol. The lowest BCUT2D eigenvalue weighted by molar-refractivity contribution is 0.289. The second-order valence-corrected chi connectivity index (χ2v) is 7.31. The molecule has 0 aliphatic heterocycles. The lowest BCUT2D eigenvalue weighted by Crippen LogP contribution is -2.25. The van der Waals surface area contributed by atoms with Gasteiger partial charge in [-0.15, -0.1) is 0 Å². The van der Waals surface area contributed by atoms with Gasteiger partial charge in [-0.1, -0.05) is 12.1 Å². The largest absolute Gasteiger partial charge is 0.396 e. The summed E-state index contributed by atoms with van der Waals surface area (Å²) in [5.41, 5.74) is 6.79. The Bertz CT molecular complexity index is 1040. The van der Waals surface area contributed by atoms with Crippen molar-refractivity contribution < 1.29 is 17.9 Å². The topological polar surface area (TPSA) is 136 Å². The fourth-order valence-corrected chi connectivity index (χ4v) is 3.57. The molecule has 0 spiro atoms. The predicted octanol–water partition coefficient (Wildman–Crippen LogP) is 0.257. The van der Waals surface area contributed by atoms with Crippen LogP contribution in [0.1, 0.15) is 12.0 Å². The Morgan fingerprint density at radius 3 is 2.88 bits per heavy atom. The SMILES string of the molecule is Nc1nc(F)nc2c1ncn2Cc1cccc(S(=O)(=O)NCCCO)c1. The zero-order valence-corrected chi connectivity index (χ0v) is 14.4. The van der Waals surface area contributed by atoms with Crippen molar-refractivity contribution in [3.63, 3.8) is 0 Å². The number of fused-ring (bicyclic) bond motifs is 1. The zero-order chi connectivity index (χ0) is 18.7. The van der Waals surface area contributed by atoms with Crippen molar-refractivity contribution in [2.75, 3.05) is 18.9 Å². The molecule has 0 atom stereocenters. The van der Waals surface area contributed by atoms with Gasteiger partial charge in [0.05, 0.1) is 17.8 Å². The number of imidazole rings is 1. The maximum absolute atomic E-state index is 13.4. The first-order valence-corrected chi connectivity index (χ1v) is 9.22. The van der Waals surface area contributed by atoms with Gasteiger partial charge in [-0.3, -0.25) is 0 Å². The van der Waals surface area contributed by atoms with Crippen LogP contribution in [0.5, 0.6) is 0 Å². The maximum atomic E-state index is 13.4. The van der Waals surface area contributed by atoms with E-state index in [0.29, 0.717) is 12.0 Å². The number of aromatic nitrogens is 4. The van der Waals surface area contributed by atoms with E-state index in [4.69, 9.17) is 10.8 Å². The van der Waals surface area contributed by atoms with Crippen LogP contribution in [0.15, 0.2) is 35.5 Å². The number of nitrogens with zero attached hydrogens (tertiary/aromatic N) is 4. The molecule has 0 bridgehead atoms. The van der Waals surface area contributed by atoms with Gasteiger partial charge in [0.2, 0.25) is 10.0 Å². The highest BCUT2D eigenvalue weighted by molar-refractivity contribution is 7.89. The Balaban J connectivity index is 1.88. The molecule has 0 radical (unpaired) electrons.